The van der Waals surface area contributed by atoms with Gasteiger partial charge in [-0.2, -0.15) is 5.26 Å². The third-order valence-electron chi connectivity index (χ3n) is 3.20. The highest BCUT2D eigenvalue weighted by molar-refractivity contribution is 5.31. The van der Waals surface area contributed by atoms with Crippen LogP contribution in [-0.4, -0.2) is 26.1 Å². The molecule has 1 rings (SSSR count). The van der Waals surface area contributed by atoms with E-state index in [-0.39, 0.29) is 12.0 Å². The summed E-state index contributed by atoms with van der Waals surface area (Å²) in [5.74, 6) is 1.11. The van der Waals surface area contributed by atoms with Gasteiger partial charge in [0.2, 0.25) is 0 Å². The van der Waals surface area contributed by atoms with Crippen LogP contribution in [0.5, 0.6) is 5.75 Å². The molecule has 3 heteroatoms. The molecule has 0 aliphatic heterocycles. The molecule has 0 aliphatic carbocycles. The second-order valence-electron chi connectivity index (χ2n) is 5.08. The first-order valence-electron chi connectivity index (χ1n) is 6.21. The average Bonchev–Trinajstić information content (AvgIpc) is 2.34. The summed E-state index contributed by atoms with van der Waals surface area (Å²) in [6.45, 7) is 4.18. The Hall–Kier alpha value is -1.53. The van der Waals surface area contributed by atoms with Crippen molar-refractivity contribution >= 4 is 0 Å². The molecule has 0 N–H and O–H groups in total. The molecule has 0 radical (unpaired) electrons. The lowest BCUT2D eigenvalue weighted by Crippen LogP contribution is -2.29. The fourth-order valence-electron chi connectivity index (χ4n) is 2.24. The van der Waals surface area contributed by atoms with E-state index in [0.29, 0.717) is 5.92 Å². The van der Waals surface area contributed by atoms with Gasteiger partial charge in [0.15, 0.2) is 0 Å². The van der Waals surface area contributed by atoms with Crippen molar-refractivity contribution in [3.63, 3.8) is 0 Å². The highest BCUT2D eigenvalue weighted by atomic mass is 16.5. The van der Waals surface area contributed by atoms with Crippen molar-refractivity contribution in [2.45, 2.75) is 19.9 Å². The number of methoxy groups -OCH3 is 1. The maximum atomic E-state index is 9.40. The SMILES string of the molecule is COc1cccc(C(C(C#N)C(C)C)N(C)C)c1. The molecular formula is C15H22N2O. The number of nitriles is 1. The van der Waals surface area contributed by atoms with E-state index in [1.165, 1.54) is 0 Å². The van der Waals surface area contributed by atoms with Crippen LogP contribution in [0, 0.1) is 23.2 Å². The van der Waals surface area contributed by atoms with E-state index in [1.807, 2.05) is 32.3 Å². The van der Waals surface area contributed by atoms with Gasteiger partial charge < -0.3 is 9.64 Å². The topological polar surface area (TPSA) is 36.3 Å². The second kappa shape index (κ2) is 6.42. The Labute approximate surface area is 110 Å². The van der Waals surface area contributed by atoms with Gasteiger partial charge >= 0.3 is 0 Å². The van der Waals surface area contributed by atoms with Gasteiger partial charge in [0, 0.05) is 0 Å². The van der Waals surface area contributed by atoms with Crippen LogP contribution in [-0.2, 0) is 0 Å². The lowest BCUT2D eigenvalue weighted by Gasteiger charge is -2.31. The molecule has 0 aromatic heterocycles. The summed E-state index contributed by atoms with van der Waals surface area (Å²) in [4.78, 5) is 2.10. The van der Waals surface area contributed by atoms with Crippen LogP contribution in [0.3, 0.4) is 0 Å². The molecule has 0 saturated carbocycles. The number of rotatable bonds is 5. The first-order valence-corrected chi connectivity index (χ1v) is 6.21. The minimum atomic E-state index is -0.0351. The molecular weight excluding hydrogens is 224 g/mol. The molecule has 0 saturated heterocycles. The molecule has 0 aliphatic rings. The minimum Gasteiger partial charge on any atom is -0.497 e. The van der Waals surface area contributed by atoms with Gasteiger partial charge in [0.25, 0.3) is 0 Å². The molecule has 2 atom stereocenters. The maximum absolute atomic E-state index is 9.40. The van der Waals surface area contributed by atoms with Crippen LogP contribution in [0.1, 0.15) is 25.5 Å². The predicted octanol–water partition coefficient (Wildman–Crippen LogP) is 3.09. The molecule has 1 aromatic rings. The van der Waals surface area contributed by atoms with E-state index in [0.717, 1.165) is 11.3 Å². The van der Waals surface area contributed by atoms with Gasteiger partial charge in [-0.25, -0.2) is 0 Å². The molecule has 0 bridgehead atoms. The van der Waals surface area contributed by atoms with Crippen molar-refractivity contribution in [3.8, 4) is 11.8 Å². The van der Waals surface area contributed by atoms with E-state index in [1.54, 1.807) is 7.11 Å². The third kappa shape index (κ3) is 3.24. The molecule has 0 spiro atoms. The van der Waals surface area contributed by atoms with Gasteiger partial charge in [0.05, 0.1) is 25.1 Å². The number of benzene rings is 1. The van der Waals surface area contributed by atoms with Crippen molar-refractivity contribution in [2.75, 3.05) is 21.2 Å². The van der Waals surface area contributed by atoms with Gasteiger partial charge in [0.1, 0.15) is 5.75 Å². The van der Waals surface area contributed by atoms with Crippen LogP contribution in [0.2, 0.25) is 0 Å². The summed E-state index contributed by atoms with van der Waals surface area (Å²) < 4.78 is 5.26. The molecule has 1 aromatic carbocycles. The van der Waals surface area contributed by atoms with Crippen LogP contribution < -0.4 is 4.74 Å². The second-order valence-corrected chi connectivity index (χ2v) is 5.08. The normalized spacial score (nSPS) is 14.3. The number of ether oxygens (including phenoxy) is 1. The molecule has 2 unspecified atom stereocenters. The Morgan fingerprint density at radius 3 is 2.39 bits per heavy atom. The largest absolute Gasteiger partial charge is 0.497 e. The maximum Gasteiger partial charge on any atom is 0.119 e. The van der Waals surface area contributed by atoms with E-state index < -0.39 is 0 Å². The highest BCUT2D eigenvalue weighted by Crippen LogP contribution is 2.33. The summed E-state index contributed by atoms with van der Waals surface area (Å²) in [5, 5.41) is 9.40. The lowest BCUT2D eigenvalue weighted by molar-refractivity contribution is 0.210. The summed E-state index contributed by atoms with van der Waals surface area (Å²) >= 11 is 0. The average molecular weight is 246 g/mol. The van der Waals surface area contributed by atoms with Crippen molar-refractivity contribution in [1.29, 1.82) is 5.26 Å². The van der Waals surface area contributed by atoms with E-state index in [4.69, 9.17) is 4.74 Å². The standard InChI is InChI=1S/C15H22N2O/c1-11(2)14(10-16)15(17(3)4)12-7-6-8-13(9-12)18-5/h6-9,11,14-15H,1-5H3. The van der Waals surface area contributed by atoms with Crippen LogP contribution in [0.25, 0.3) is 0 Å². The lowest BCUT2D eigenvalue weighted by atomic mass is 9.85. The molecule has 3 nitrogen and oxygen atoms in total. The Balaban J connectivity index is 3.15. The summed E-state index contributed by atoms with van der Waals surface area (Å²) in [7, 11) is 5.68. The molecule has 18 heavy (non-hydrogen) atoms. The summed E-state index contributed by atoms with van der Waals surface area (Å²) in [6.07, 6.45) is 0. The van der Waals surface area contributed by atoms with Crippen LogP contribution >= 0.6 is 0 Å². The van der Waals surface area contributed by atoms with E-state index in [9.17, 15) is 5.26 Å². The fraction of sp³-hybridized carbons (Fsp3) is 0.533. The van der Waals surface area contributed by atoms with E-state index >= 15 is 0 Å². The number of hydrogen-bond donors (Lipinski definition) is 0. The van der Waals surface area contributed by atoms with Crippen LogP contribution in [0.15, 0.2) is 24.3 Å². The van der Waals surface area contributed by atoms with Gasteiger partial charge in [-0.05, 0) is 37.7 Å². The van der Waals surface area contributed by atoms with Gasteiger partial charge in [-0.3, -0.25) is 0 Å². The van der Waals surface area contributed by atoms with E-state index in [2.05, 4.69) is 30.9 Å². The van der Waals surface area contributed by atoms with Crippen molar-refractivity contribution < 1.29 is 4.74 Å². The zero-order valence-electron chi connectivity index (χ0n) is 11.8. The first kappa shape index (κ1) is 14.5. The monoisotopic (exact) mass is 246 g/mol. The first-order chi connectivity index (χ1) is 8.51. The van der Waals surface area contributed by atoms with Crippen molar-refractivity contribution in [1.82, 2.24) is 4.90 Å². The molecule has 0 fully saturated rings. The highest BCUT2D eigenvalue weighted by Gasteiger charge is 2.27. The van der Waals surface area contributed by atoms with Crippen molar-refractivity contribution in [2.24, 2.45) is 11.8 Å². The summed E-state index contributed by atoms with van der Waals surface area (Å²) in [5.41, 5.74) is 1.12. The fourth-order valence-corrected chi connectivity index (χ4v) is 2.24. The Kier molecular flexibility index (Phi) is 5.18. The number of nitrogens with zero attached hydrogens (tertiary/aromatic N) is 2. The minimum absolute atomic E-state index is 0.0351. The Bertz CT molecular complexity index is 421. The Morgan fingerprint density at radius 1 is 1.28 bits per heavy atom. The number of hydrogen-bond acceptors (Lipinski definition) is 3. The Morgan fingerprint density at radius 2 is 1.94 bits per heavy atom. The quantitative estimate of drug-likeness (QED) is 0.801. The smallest absolute Gasteiger partial charge is 0.119 e. The molecule has 98 valence electrons. The third-order valence-corrected chi connectivity index (χ3v) is 3.20. The zero-order valence-corrected chi connectivity index (χ0v) is 11.8. The summed E-state index contributed by atoms with van der Waals surface area (Å²) in [6, 6.07) is 10.5. The van der Waals surface area contributed by atoms with Crippen LogP contribution in [0.4, 0.5) is 0 Å². The molecule has 0 heterocycles. The zero-order chi connectivity index (χ0) is 13.7. The molecule has 0 amide bonds. The van der Waals surface area contributed by atoms with Crippen molar-refractivity contribution in [3.05, 3.63) is 29.8 Å². The predicted molar refractivity (Wildman–Crippen MR) is 73.4 cm³/mol. The van der Waals surface area contributed by atoms with Gasteiger partial charge in [-0.1, -0.05) is 26.0 Å². The van der Waals surface area contributed by atoms with Gasteiger partial charge in [-0.15, -0.1) is 0 Å².